The molecule has 0 bridgehead atoms. The molecular formula is C15H29NO2. The van der Waals surface area contributed by atoms with E-state index in [0.29, 0.717) is 12.2 Å². The molecule has 0 aromatic heterocycles. The van der Waals surface area contributed by atoms with Gasteiger partial charge in [0.05, 0.1) is 18.8 Å². The van der Waals surface area contributed by atoms with Gasteiger partial charge in [-0.25, -0.2) is 0 Å². The molecule has 2 atom stereocenters. The van der Waals surface area contributed by atoms with Crippen LogP contribution in [0.2, 0.25) is 0 Å². The van der Waals surface area contributed by atoms with E-state index in [-0.39, 0.29) is 5.41 Å². The van der Waals surface area contributed by atoms with Crippen molar-refractivity contribution in [3.63, 3.8) is 0 Å². The second-order valence-electron chi connectivity index (χ2n) is 6.78. The zero-order valence-electron chi connectivity index (χ0n) is 12.2. The summed E-state index contributed by atoms with van der Waals surface area (Å²) in [6.45, 7) is 6.50. The maximum absolute atomic E-state index is 6.11. The third kappa shape index (κ3) is 4.87. The van der Waals surface area contributed by atoms with E-state index in [1.165, 1.54) is 32.1 Å². The monoisotopic (exact) mass is 255 g/mol. The summed E-state index contributed by atoms with van der Waals surface area (Å²) in [5, 5.41) is 3.60. The lowest BCUT2D eigenvalue weighted by molar-refractivity contribution is -0.0525. The molecule has 0 aromatic carbocycles. The van der Waals surface area contributed by atoms with Crippen molar-refractivity contribution in [2.24, 2.45) is 5.41 Å². The number of ether oxygens (including phenoxy) is 2. The summed E-state index contributed by atoms with van der Waals surface area (Å²) in [5.41, 5.74) is 0.239. The van der Waals surface area contributed by atoms with E-state index in [1.807, 2.05) is 7.11 Å². The summed E-state index contributed by atoms with van der Waals surface area (Å²) in [6, 6.07) is 0.789. The van der Waals surface area contributed by atoms with Crippen molar-refractivity contribution in [1.29, 1.82) is 0 Å². The first kappa shape index (κ1) is 14.3. The fourth-order valence-corrected chi connectivity index (χ4v) is 2.57. The van der Waals surface area contributed by atoms with Crippen LogP contribution < -0.4 is 5.32 Å². The smallest absolute Gasteiger partial charge is 0.0600 e. The summed E-state index contributed by atoms with van der Waals surface area (Å²) >= 11 is 0. The third-order valence-corrected chi connectivity index (χ3v) is 4.07. The van der Waals surface area contributed by atoms with Crippen LogP contribution in [-0.4, -0.2) is 38.5 Å². The van der Waals surface area contributed by atoms with E-state index in [2.05, 4.69) is 19.2 Å². The van der Waals surface area contributed by atoms with Crippen LogP contribution in [0.3, 0.4) is 0 Å². The van der Waals surface area contributed by atoms with Crippen molar-refractivity contribution in [2.45, 2.75) is 70.6 Å². The van der Waals surface area contributed by atoms with E-state index in [4.69, 9.17) is 9.47 Å². The first-order chi connectivity index (χ1) is 8.59. The van der Waals surface area contributed by atoms with Crippen molar-refractivity contribution in [1.82, 2.24) is 5.32 Å². The van der Waals surface area contributed by atoms with Crippen molar-refractivity contribution in [3.05, 3.63) is 0 Å². The lowest BCUT2D eigenvalue weighted by atomic mass is 9.92. The summed E-state index contributed by atoms with van der Waals surface area (Å²) in [6.07, 6.45) is 8.24. The van der Waals surface area contributed by atoms with Gasteiger partial charge in [0.25, 0.3) is 0 Å². The van der Waals surface area contributed by atoms with Crippen LogP contribution in [0, 0.1) is 5.41 Å². The van der Waals surface area contributed by atoms with Gasteiger partial charge in [-0.3, -0.25) is 0 Å². The highest BCUT2D eigenvalue weighted by molar-refractivity contribution is 4.84. The summed E-state index contributed by atoms with van der Waals surface area (Å²) in [7, 11) is 1.82. The normalized spacial score (nSPS) is 29.5. The predicted octanol–water partition coefficient (Wildman–Crippen LogP) is 2.74. The Balaban J connectivity index is 1.65. The number of rotatable bonds is 7. The van der Waals surface area contributed by atoms with Gasteiger partial charge in [-0.05, 0) is 38.5 Å². The van der Waals surface area contributed by atoms with E-state index in [9.17, 15) is 0 Å². The summed E-state index contributed by atoms with van der Waals surface area (Å²) < 4.78 is 11.6. The average Bonchev–Trinajstić information content (AvgIpc) is 3.19. The maximum atomic E-state index is 6.11. The van der Waals surface area contributed by atoms with Crippen LogP contribution in [0.4, 0.5) is 0 Å². The third-order valence-electron chi connectivity index (χ3n) is 4.07. The summed E-state index contributed by atoms with van der Waals surface area (Å²) in [5.74, 6) is 0. The molecule has 3 heteroatoms. The Morgan fingerprint density at radius 3 is 2.50 bits per heavy atom. The van der Waals surface area contributed by atoms with E-state index in [0.717, 1.165) is 25.6 Å². The Morgan fingerprint density at radius 2 is 1.83 bits per heavy atom. The minimum atomic E-state index is 0.239. The highest BCUT2D eigenvalue weighted by Crippen LogP contribution is 2.26. The lowest BCUT2D eigenvalue weighted by Gasteiger charge is -2.32. The molecule has 3 nitrogen and oxygen atoms in total. The first-order valence-electron chi connectivity index (χ1n) is 7.47. The van der Waals surface area contributed by atoms with Crippen molar-refractivity contribution in [3.8, 4) is 0 Å². The summed E-state index contributed by atoms with van der Waals surface area (Å²) in [4.78, 5) is 0. The van der Waals surface area contributed by atoms with E-state index < -0.39 is 0 Å². The van der Waals surface area contributed by atoms with Crippen LogP contribution in [0.25, 0.3) is 0 Å². The largest absolute Gasteiger partial charge is 0.381 e. The molecule has 2 saturated carbocycles. The molecule has 0 aliphatic heterocycles. The molecule has 0 saturated heterocycles. The van der Waals surface area contributed by atoms with Crippen LogP contribution in [0.15, 0.2) is 0 Å². The molecule has 0 heterocycles. The highest BCUT2D eigenvalue weighted by Gasteiger charge is 2.28. The van der Waals surface area contributed by atoms with Crippen LogP contribution in [0.1, 0.15) is 52.4 Å². The van der Waals surface area contributed by atoms with Gasteiger partial charge in [0, 0.05) is 25.1 Å². The maximum Gasteiger partial charge on any atom is 0.0600 e. The van der Waals surface area contributed by atoms with Crippen LogP contribution in [-0.2, 0) is 9.47 Å². The van der Waals surface area contributed by atoms with Gasteiger partial charge in [0.15, 0.2) is 0 Å². The Hall–Kier alpha value is -0.120. The molecular weight excluding hydrogens is 226 g/mol. The minimum Gasteiger partial charge on any atom is -0.381 e. The predicted molar refractivity (Wildman–Crippen MR) is 73.8 cm³/mol. The molecule has 1 N–H and O–H groups in total. The quantitative estimate of drug-likeness (QED) is 0.759. The molecule has 106 valence electrons. The highest BCUT2D eigenvalue weighted by atomic mass is 16.5. The van der Waals surface area contributed by atoms with Gasteiger partial charge in [-0.1, -0.05) is 13.8 Å². The molecule has 2 fully saturated rings. The zero-order chi connectivity index (χ0) is 13.0. The van der Waals surface area contributed by atoms with Gasteiger partial charge in [-0.2, -0.15) is 0 Å². The number of hydrogen-bond acceptors (Lipinski definition) is 3. The molecule has 2 unspecified atom stereocenters. The van der Waals surface area contributed by atoms with E-state index >= 15 is 0 Å². The van der Waals surface area contributed by atoms with Crippen LogP contribution in [0.5, 0.6) is 0 Å². The van der Waals surface area contributed by atoms with Crippen molar-refractivity contribution < 1.29 is 9.47 Å². The van der Waals surface area contributed by atoms with Crippen molar-refractivity contribution in [2.75, 3.05) is 20.3 Å². The Bertz CT molecular complexity index is 251. The Morgan fingerprint density at radius 1 is 1.11 bits per heavy atom. The van der Waals surface area contributed by atoms with Gasteiger partial charge in [-0.15, -0.1) is 0 Å². The minimum absolute atomic E-state index is 0.239. The van der Waals surface area contributed by atoms with Gasteiger partial charge in [0.1, 0.15) is 0 Å². The molecule has 0 aromatic rings. The number of methoxy groups -OCH3 is 1. The first-order valence-corrected chi connectivity index (χ1v) is 7.47. The van der Waals surface area contributed by atoms with Crippen LogP contribution >= 0.6 is 0 Å². The van der Waals surface area contributed by atoms with Gasteiger partial charge >= 0.3 is 0 Å². The van der Waals surface area contributed by atoms with Crippen molar-refractivity contribution >= 4 is 0 Å². The van der Waals surface area contributed by atoms with E-state index in [1.54, 1.807) is 0 Å². The Labute approximate surface area is 112 Å². The fraction of sp³-hybridized carbons (Fsp3) is 1.00. The molecule has 2 rings (SSSR count). The zero-order valence-corrected chi connectivity index (χ0v) is 12.2. The number of hydrogen-bond donors (Lipinski definition) is 1. The topological polar surface area (TPSA) is 30.5 Å². The molecule has 18 heavy (non-hydrogen) atoms. The molecule has 0 amide bonds. The molecule has 0 spiro atoms. The standard InChI is InChI=1S/C15H29NO2/c1-15(2,10-16-12-7-8-12)11-18-14-6-4-5-13(9-14)17-3/h12-14,16H,4-11H2,1-3H3. The molecule has 2 aliphatic carbocycles. The number of nitrogens with one attached hydrogen (secondary N) is 1. The second-order valence-corrected chi connectivity index (χ2v) is 6.78. The van der Waals surface area contributed by atoms with Gasteiger partial charge < -0.3 is 14.8 Å². The van der Waals surface area contributed by atoms with Gasteiger partial charge in [0.2, 0.25) is 0 Å². The fourth-order valence-electron chi connectivity index (χ4n) is 2.57. The molecule has 0 radical (unpaired) electrons. The SMILES string of the molecule is COC1CCCC(OCC(C)(C)CNC2CC2)C1. The second kappa shape index (κ2) is 6.36. The molecule has 2 aliphatic rings. The lowest BCUT2D eigenvalue weighted by Crippen LogP contribution is -2.37. The average molecular weight is 255 g/mol. The Kier molecular flexibility index (Phi) is 5.05.